The molecule has 21 heavy (non-hydrogen) atoms. The number of para-hydroxylation sites is 1. The van der Waals surface area contributed by atoms with Crippen molar-refractivity contribution in [2.45, 2.75) is 9.24 Å². The van der Waals surface area contributed by atoms with E-state index in [4.69, 9.17) is 5.26 Å². The molecule has 3 rings (SSSR count). The van der Waals surface area contributed by atoms with Crippen molar-refractivity contribution in [2.75, 3.05) is 0 Å². The number of benzene rings is 2. The Kier molecular flexibility index (Phi) is 3.56. The van der Waals surface area contributed by atoms with Gasteiger partial charge >= 0.3 is 0 Å². The van der Waals surface area contributed by atoms with Crippen LogP contribution < -0.4 is 0 Å². The molecule has 0 spiro atoms. The van der Waals surface area contributed by atoms with Gasteiger partial charge in [-0.15, -0.1) is 11.3 Å². The molecule has 5 nitrogen and oxygen atoms in total. The molecular formula is C14H7N3O2S2. The molecule has 0 aliphatic rings. The molecule has 0 N–H and O–H groups in total. The average Bonchev–Trinajstić information content (AvgIpc) is 2.89. The first kappa shape index (κ1) is 13.5. The summed E-state index contributed by atoms with van der Waals surface area (Å²) < 4.78 is 1.89. The fraction of sp³-hybridized carbons (Fsp3) is 0. The molecular weight excluding hydrogens is 306 g/mol. The lowest BCUT2D eigenvalue weighted by Crippen LogP contribution is -1.92. The first-order chi connectivity index (χ1) is 10.2. The summed E-state index contributed by atoms with van der Waals surface area (Å²) >= 11 is 2.89. The molecule has 2 aromatic carbocycles. The molecule has 3 aromatic rings. The predicted octanol–water partition coefficient (Wildman–Crippen LogP) is 4.23. The second kappa shape index (κ2) is 5.52. The Morgan fingerprint density at radius 3 is 2.81 bits per heavy atom. The molecule has 0 amide bonds. The van der Waals surface area contributed by atoms with Gasteiger partial charge in [0.2, 0.25) is 0 Å². The summed E-state index contributed by atoms with van der Waals surface area (Å²) in [5.41, 5.74) is 0.797. The SMILES string of the molecule is N#Cc1ccc(Sc2nc3ccccc3s2)cc1[N+](=O)[O-]. The van der Waals surface area contributed by atoms with Gasteiger partial charge in [0.1, 0.15) is 11.6 Å². The van der Waals surface area contributed by atoms with Crippen molar-refractivity contribution < 1.29 is 4.92 Å². The minimum Gasteiger partial charge on any atom is -0.258 e. The zero-order valence-corrected chi connectivity index (χ0v) is 12.1. The van der Waals surface area contributed by atoms with Gasteiger partial charge in [0.05, 0.1) is 15.1 Å². The summed E-state index contributed by atoms with van der Waals surface area (Å²) in [5.74, 6) is 0. The van der Waals surface area contributed by atoms with Gasteiger partial charge in [0, 0.05) is 11.0 Å². The van der Waals surface area contributed by atoms with Crippen LogP contribution in [0.15, 0.2) is 51.7 Å². The number of rotatable bonds is 3. The second-order valence-electron chi connectivity index (χ2n) is 4.10. The van der Waals surface area contributed by atoms with Gasteiger partial charge in [-0.3, -0.25) is 10.1 Å². The molecule has 0 aliphatic carbocycles. The Bertz CT molecular complexity index is 850. The van der Waals surface area contributed by atoms with Crippen LogP contribution in [0.3, 0.4) is 0 Å². The summed E-state index contributed by atoms with van der Waals surface area (Å²) in [6.45, 7) is 0. The summed E-state index contributed by atoms with van der Waals surface area (Å²) in [6, 6.07) is 14.2. The molecule has 0 bridgehead atoms. The number of hydrogen-bond donors (Lipinski definition) is 0. The molecule has 1 aromatic heterocycles. The number of aromatic nitrogens is 1. The lowest BCUT2D eigenvalue weighted by atomic mass is 10.2. The fourth-order valence-corrected chi connectivity index (χ4v) is 3.89. The van der Waals surface area contributed by atoms with Crippen molar-refractivity contribution in [1.82, 2.24) is 4.98 Å². The molecule has 0 saturated heterocycles. The van der Waals surface area contributed by atoms with E-state index in [9.17, 15) is 10.1 Å². The maximum Gasteiger partial charge on any atom is 0.288 e. The Hall–Kier alpha value is -2.43. The van der Waals surface area contributed by atoms with Crippen molar-refractivity contribution in [2.24, 2.45) is 0 Å². The highest BCUT2D eigenvalue weighted by atomic mass is 32.2. The van der Waals surface area contributed by atoms with Crippen LogP contribution in [0.4, 0.5) is 5.69 Å². The van der Waals surface area contributed by atoms with Crippen LogP contribution in [0.5, 0.6) is 0 Å². The van der Waals surface area contributed by atoms with E-state index >= 15 is 0 Å². The van der Waals surface area contributed by atoms with Gasteiger partial charge < -0.3 is 0 Å². The van der Waals surface area contributed by atoms with Gasteiger partial charge in [0.15, 0.2) is 4.34 Å². The summed E-state index contributed by atoms with van der Waals surface area (Å²) in [7, 11) is 0. The summed E-state index contributed by atoms with van der Waals surface area (Å²) in [4.78, 5) is 15.6. The molecule has 102 valence electrons. The lowest BCUT2D eigenvalue weighted by Gasteiger charge is -1.99. The zero-order valence-electron chi connectivity index (χ0n) is 10.5. The van der Waals surface area contributed by atoms with Crippen LogP contribution in [0.1, 0.15) is 5.56 Å². The highest BCUT2D eigenvalue weighted by Gasteiger charge is 2.15. The molecule has 0 saturated carbocycles. The van der Waals surface area contributed by atoms with E-state index in [2.05, 4.69) is 4.98 Å². The second-order valence-corrected chi connectivity index (χ2v) is 6.45. The van der Waals surface area contributed by atoms with Crippen molar-refractivity contribution in [3.05, 3.63) is 58.1 Å². The number of hydrogen-bond acceptors (Lipinski definition) is 6. The smallest absolute Gasteiger partial charge is 0.258 e. The maximum atomic E-state index is 11.0. The van der Waals surface area contributed by atoms with Gasteiger partial charge in [0.25, 0.3) is 5.69 Å². The largest absolute Gasteiger partial charge is 0.288 e. The average molecular weight is 313 g/mol. The predicted molar refractivity (Wildman–Crippen MR) is 81.6 cm³/mol. The summed E-state index contributed by atoms with van der Waals surface area (Å²) in [5, 5.41) is 19.8. The third-order valence-corrected chi connectivity index (χ3v) is 4.85. The topological polar surface area (TPSA) is 79.8 Å². The van der Waals surface area contributed by atoms with Crippen LogP contribution in [-0.2, 0) is 0 Å². The number of fused-ring (bicyclic) bond motifs is 1. The number of nitriles is 1. The molecule has 0 atom stereocenters. The minimum absolute atomic E-state index is 0.0636. The molecule has 7 heteroatoms. The maximum absolute atomic E-state index is 11.0. The fourth-order valence-electron chi connectivity index (χ4n) is 1.82. The molecule has 0 aliphatic heterocycles. The van der Waals surface area contributed by atoms with E-state index in [-0.39, 0.29) is 11.3 Å². The number of thiazole rings is 1. The molecule has 1 heterocycles. The van der Waals surface area contributed by atoms with Crippen LogP contribution in [0.25, 0.3) is 10.2 Å². The normalized spacial score (nSPS) is 10.4. The standard InChI is InChI=1S/C14H7N3O2S2/c15-8-9-5-6-10(7-12(9)17(18)19)20-14-16-11-3-1-2-4-13(11)21-14/h1-7H. The van der Waals surface area contributed by atoms with Gasteiger partial charge in [-0.05, 0) is 24.3 Å². The lowest BCUT2D eigenvalue weighted by molar-refractivity contribution is -0.385. The summed E-state index contributed by atoms with van der Waals surface area (Å²) in [6.07, 6.45) is 0. The zero-order chi connectivity index (χ0) is 14.8. The van der Waals surface area contributed by atoms with Crippen LogP contribution in [0.2, 0.25) is 0 Å². The quantitative estimate of drug-likeness (QED) is 0.534. The van der Waals surface area contributed by atoms with Gasteiger partial charge in [-0.25, -0.2) is 4.98 Å². The van der Waals surface area contributed by atoms with E-state index < -0.39 is 4.92 Å². The molecule has 0 radical (unpaired) electrons. The van der Waals surface area contributed by atoms with Crippen molar-refractivity contribution in [3.63, 3.8) is 0 Å². The van der Waals surface area contributed by atoms with Crippen LogP contribution in [-0.4, -0.2) is 9.91 Å². The first-order valence-corrected chi connectivity index (χ1v) is 7.52. The highest BCUT2D eigenvalue weighted by Crippen LogP contribution is 2.36. The Morgan fingerprint density at radius 1 is 1.29 bits per heavy atom. The Balaban J connectivity index is 1.96. The monoisotopic (exact) mass is 313 g/mol. The van der Waals surface area contributed by atoms with Crippen molar-refractivity contribution in [1.29, 1.82) is 5.26 Å². The van der Waals surface area contributed by atoms with E-state index in [1.807, 2.05) is 30.3 Å². The van der Waals surface area contributed by atoms with Crippen LogP contribution >= 0.6 is 23.1 Å². The Morgan fingerprint density at radius 2 is 2.10 bits per heavy atom. The van der Waals surface area contributed by atoms with E-state index in [1.54, 1.807) is 6.07 Å². The number of nitrogens with zero attached hydrogens (tertiary/aromatic N) is 3. The van der Waals surface area contributed by atoms with Crippen molar-refractivity contribution in [3.8, 4) is 6.07 Å². The minimum atomic E-state index is -0.541. The van der Waals surface area contributed by atoms with Gasteiger partial charge in [-0.1, -0.05) is 23.9 Å². The van der Waals surface area contributed by atoms with E-state index in [0.717, 1.165) is 14.6 Å². The molecule has 0 fully saturated rings. The van der Waals surface area contributed by atoms with Gasteiger partial charge in [-0.2, -0.15) is 5.26 Å². The van der Waals surface area contributed by atoms with Crippen LogP contribution in [0, 0.1) is 21.4 Å². The number of nitro groups is 1. The third-order valence-electron chi connectivity index (χ3n) is 2.77. The van der Waals surface area contributed by atoms with E-state index in [1.165, 1.54) is 35.2 Å². The highest BCUT2D eigenvalue weighted by molar-refractivity contribution is 8.01. The van der Waals surface area contributed by atoms with Crippen molar-refractivity contribution >= 4 is 39.0 Å². The number of nitro benzene ring substituents is 1. The third kappa shape index (κ3) is 2.72. The first-order valence-electron chi connectivity index (χ1n) is 5.89. The molecule has 0 unspecified atom stereocenters. The van der Waals surface area contributed by atoms with E-state index in [0.29, 0.717) is 4.90 Å². The Labute approximate surface area is 128 Å².